The summed E-state index contributed by atoms with van der Waals surface area (Å²) in [5, 5.41) is 23.2. The van der Waals surface area contributed by atoms with E-state index in [1.54, 1.807) is 24.4 Å². The molecular weight excluding hydrogens is 450 g/mol. The van der Waals surface area contributed by atoms with Gasteiger partial charge in [0.2, 0.25) is 0 Å². The summed E-state index contributed by atoms with van der Waals surface area (Å²) in [6, 6.07) is 21.6. The van der Waals surface area contributed by atoms with E-state index >= 15 is 0 Å². The van der Waals surface area contributed by atoms with E-state index in [1.165, 1.54) is 0 Å². The lowest BCUT2D eigenvalue weighted by Gasteiger charge is -2.38. The van der Waals surface area contributed by atoms with Crippen LogP contribution in [0.3, 0.4) is 0 Å². The number of benzene rings is 3. The number of ether oxygens (including phenoxy) is 2. The Labute approximate surface area is 215 Å². The fourth-order valence-corrected chi connectivity index (χ4v) is 4.33. The molecule has 3 rings (SSSR count). The van der Waals surface area contributed by atoms with E-state index in [9.17, 15) is 10.2 Å². The molecule has 0 fully saturated rings. The van der Waals surface area contributed by atoms with Gasteiger partial charge in [-0.3, -0.25) is 4.99 Å². The lowest BCUT2D eigenvalue weighted by atomic mass is 9.76. The maximum atomic E-state index is 12.9. The van der Waals surface area contributed by atoms with Crippen LogP contribution in [0, 0.1) is 5.92 Å². The first kappa shape index (κ1) is 27.3. The predicted octanol–water partition coefficient (Wildman–Crippen LogP) is 6.74. The molecule has 0 saturated carbocycles. The van der Waals surface area contributed by atoms with Crippen LogP contribution in [0.1, 0.15) is 64.7 Å². The largest absolute Gasteiger partial charge is 0.507 e. The Hall–Kier alpha value is -3.31. The highest BCUT2D eigenvalue weighted by atomic mass is 16.5. The fraction of sp³-hybridized carbons (Fsp3) is 0.387. The standard InChI is InChI=1S/C31H39NO4/c1-21(2)19-30(32-20-24-13-7-10-16-27(24)33)31(34,25-14-8-11-17-28(25)35-22(3)4)26-15-9-12-18-29(26)36-23(5)6/h7-18,20-23,30,33-34H,19H2,1-6H3. The average Bonchev–Trinajstić information content (AvgIpc) is 2.82. The lowest BCUT2D eigenvalue weighted by molar-refractivity contribution is 0.0375. The van der Waals surface area contributed by atoms with Crippen molar-refractivity contribution in [3.63, 3.8) is 0 Å². The number of hydrogen-bond acceptors (Lipinski definition) is 5. The van der Waals surface area contributed by atoms with Crippen molar-refractivity contribution in [2.45, 2.75) is 71.8 Å². The predicted molar refractivity (Wildman–Crippen MR) is 146 cm³/mol. The molecule has 0 bridgehead atoms. The highest BCUT2D eigenvalue weighted by Crippen LogP contribution is 2.45. The number of aliphatic hydroxyl groups is 1. The summed E-state index contributed by atoms with van der Waals surface area (Å²) in [4.78, 5) is 4.91. The number of nitrogens with zero attached hydrogens (tertiary/aromatic N) is 1. The van der Waals surface area contributed by atoms with Crippen molar-refractivity contribution in [2.75, 3.05) is 0 Å². The fourth-order valence-electron chi connectivity index (χ4n) is 4.33. The number of para-hydroxylation sites is 3. The van der Waals surface area contributed by atoms with Gasteiger partial charge in [-0.2, -0.15) is 0 Å². The molecule has 36 heavy (non-hydrogen) atoms. The summed E-state index contributed by atoms with van der Waals surface area (Å²) in [6.45, 7) is 12.1. The Bertz CT molecular complexity index is 1100. The Balaban J connectivity index is 2.29. The number of aromatic hydroxyl groups is 1. The van der Waals surface area contributed by atoms with Crippen molar-refractivity contribution >= 4 is 6.21 Å². The SMILES string of the molecule is CC(C)CC(N=Cc1ccccc1O)C(O)(c1ccccc1OC(C)C)c1ccccc1OC(C)C. The van der Waals surface area contributed by atoms with Crippen molar-refractivity contribution in [3.8, 4) is 17.2 Å². The summed E-state index contributed by atoms with van der Waals surface area (Å²) in [5.41, 5.74) is 0.270. The van der Waals surface area contributed by atoms with Crippen LogP contribution in [0.4, 0.5) is 0 Å². The van der Waals surface area contributed by atoms with Crippen LogP contribution in [0.25, 0.3) is 0 Å². The van der Waals surface area contributed by atoms with Crippen molar-refractivity contribution in [3.05, 3.63) is 89.5 Å². The van der Waals surface area contributed by atoms with Gasteiger partial charge in [0, 0.05) is 22.9 Å². The minimum atomic E-state index is -1.57. The molecule has 0 aliphatic heterocycles. The van der Waals surface area contributed by atoms with Crippen molar-refractivity contribution in [1.82, 2.24) is 0 Å². The Morgan fingerprint density at radius 1 is 0.750 bits per heavy atom. The van der Waals surface area contributed by atoms with Gasteiger partial charge in [0.1, 0.15) is 22.8 Å². The smallest absolute Gasteiger partial charge is 0.144 e. The molecule has 3 aromatic carbocycles. The number of rotatable bonds is 11. The highest BCUT2D eigenvalue weighted by Gasteiger charge is 2.44. The Morgan fingerprint density at radius 2 is 1.22 bits per heavy atom. The van der Waals surface area contributed by atoms with Crippen LogP contribution >= 0.6 is 0 Å². The van der Waals surface area contributed by atoms with Gasteiger partial charge in [0.15, 0.2) is 0 Å². The molecular formula is C31H39NO4. The van der Waals surface area contributed by atoms with Crippen LogP contribution in [0.2, 0.25) is 0 Å². The van der Waals surface area contributed by atoms with Gasteiger partial charge in [-0.1, -0.05) is 62.4 Å². The van der Waals surface area contributed by atoms with Gasteiger partial charge in [0.05, 0.1) is 18.2 Å². The number of hydrogen-bond donors (Lipinski definition) is 2. The molecule has 0 spiro atoms. The molecule has 0 radical (unpaired) electrons. The second kappa shape index (κ2) is 12.1. The van der Waals surface area contributed by atoms with Gasteiger partial charge >= 0.3 is 0 Å². The van der Waals surface area contributed by atoms with Crippen molar-refractivity contribution in [2.24, 2.45) is 10.9 Å². The van der Waals surface area contributed by atoms with E-state index in [2.05, 4.69) is 13.8 Å². The second-order valence-corrected chi connectivity index (χ2v) is 10.1. The quantitative estimate of drug-likeness (QED) is 0.293. The van der Waals surface area contributed by atoms with E-state index < -0.39 is 11.6 Å². The lowest BCUT2D eigenvalue weighted by Crippen LogP contribution is -2.41. The first-order valence-corrected chi connectivity index (χ1v) is 12.7. The molecule has 2 N–H and O–H groups in total. The Kier molecular flexibility index (Phi) is 9.16. The molecule has 192 valence electrons. The van der Waals surface area contributed by atoms with E-state index in [-0.39, 0.29) is 23.9 Å². The normalized spacial score (nSPS) is 13.1. The molecule has 3 aromatic rings. The number of phenols is 1. The zero-order valence-corrected chi connectivity index (χ0v) is 22.2. The monoisotopic (exact) mass is 489 g/mol. The summed E-state index contributed by atoms with van der Waals surface area (Å²) >= 11 is 0. The second-order valence-electron chi connectivity index (χ2n) is 10.1. The van der Waals surface area contributed by atoms with Gasteiger partial charge < -0.3 is 19.7 Å². The van der Waals surface area contributed by atoms with Gasteiger partial charge in [-0.15, -0.1) is 0 Å². The zero-order chi connectivity index (χ0) is 26.3. The molecule has 5 heteroatoms. The first-order valence-electron chi connectivity index (χ1n) is 12.7. The summed E-state index contributed by atoms with van der Waals surface area (Å²) < 4.78 is 12.4. The molecule has 0 saturated heterocycles. The molecule has 0 heterocycles. The third kappa shape index (κ3) is 6.46. The summed E-state index contributed by atoms with van der Waals surface area (Å²) in [6.07, 6.45) is 2.08. The number of aliphatic imine (C=N–C) groups is 1. The van der Waals surface area contributed by atoms with E-state index in [1.807, 2.05) is 82.3 Å². The maximum Gasteiger partial charge on any atom is 0.144 e. The van der Waals surface area contributed by atoms with Crippen molar-refractivity contribution < 1.29 is 19.7 Å². The molecule has 0 aromatic heterocycles. The minimum Gasteiger partial charge on any atom is -0.507 e. The molecule has 1 unspecified atom stereocenters. The zero-order valence-electron chi connectivity index (χ0n) is 22.2. The highest BCUT2D eigenvalue weighted by molar-refractivity contribution is 5.83. The van der Waals surface area contributed by atoms with Crippen LogP contribution in [0.5, 0.6) is 17.2 Å². The van der Waals surface area contributed by atoms with Gasteiger partial charge in [-0.05, 0) is 64.3 Å². The third-order valence-electron chi connectivity index (χ3n) is 5.83. The van der Waals surface area contributed by atoms with Crippen LogP contribution in [-0.2, 0) is 5.60 Å². The minimum absolute atomic E-state index is 0.0779. The molecule has 1 atom stereocenters. The average molecular weight is 490 g/mol. The van der Waals surface area contributed by atoms with Crippen LogP contribution in [0.15, 0.2) is 77.8 Å². The third-order valence-corrected chi connectivity index (χ3v) is 5.83. The summed E-state index contributed by atoms with van der Waals surface area (Å²) in [7, 11) is 0. The summed E-state index contributed by atoms with van der Waals surface area (Å²) in [5.74, 6) is 1.57. The van der Waals surface area contributed by atoms with Gasteiger partial charge in [0.25, 0.3) is 0 Å². The van der Waals surface area contributed by atoms with E-state index in [0.717, 1.165) is 0 Å². The van der Waals surface area contributed by atoms with E-state index in [4.69, 9.17) is 14.5 Å². The van der Waals surface area contributed by atoms with Crippen LogP contribution in [-0.4, -0.2) is 34.7 Å². The maximum absolute atomic E-state index is 12.9. The van der Waals surface area contributed by atoms with Gasteiger partial charge in [-0.25, -0.2) is 0 Å². The molecule has 0 amide bonds. The number of phenolic OH excluding ortho intramolecular Hbond substituents is 1. The van der Waals surface area contributed by atoms with Crippen molar-refractivity contribution in [1.29, 1.82) is 0 Å². The van der Waals surface area contributed by atoms with Crippen LogP contribution < -0.4 is 9.47 Å². The molecule has 5 nitrogen and oxygen atoms in total. The Morgan fingerprint density at radius 3 is 1.69 bits per heavy atom. The topological polar surface area (TPSA) is 71.3 Å². The molecule has 0 aliphatic rings. The first-order chi connectivity index (χ1) is 17.1. The van der Waals surface area contributed by atoms with E-state index in [0.29, 0.717) is 34.6 Å². The molecule has 0 aliphatic carbocycles.